The molecule has 0 unspecified atom stereocenters. The van der Waals surface area contributed by atoms with E-state index >= 15 is 0 Å². The Hall–Kier alpha value is -1.33. The van der Waals surface area contributed by atoms with Crippen molar-refractivity contribution < 1.29 is 35.0 Å². The molecule has 1 heterocycles. The molecule has 0 fully saturated rings. The summed E-state index contributed by atoms with van der Waals surface area (Å²) < 4.78 is 69.2. The van der Waals surface area contributed by atoms with Crippen LogP contribution >= 0.6 is 0 Å². The van der Waals surface area contributed by atoms with E-state index in [0.717, 1.165) is 6.07 Å². The van der Waals surface area contributed by atoms with E-state index in [4.69, 9.17) is 4.42 Å². The summed E-state index contributed by atoms with van der Waals surface area (Å²) in [6.45, 7) is 8.36. The zero-order chi connectivity index (χ0) is 19.8. The minimum Gasteiger partial charge on any atom is -0.462 e. The maximum absolute atomic E-state index is 12.5. The minimum absolute atomic E-state index is 0.0659. The monoisotopic (exact) mass is 402 g/mol. The normalized spacial score (nSPS) is 13.8. The van der Waals surface area contributed by atoms with Gasteiger partial charge in [-0.05, 0) is 31.5 Å². The van der Waals surface area contributed by atoms with Crippen LogP contribution in [0.1, 0.15) is 31.8 Å². The topological polar surface area (TPSA) is 93.8 Å². The van der Waals surface area contributed by atoms with Crippen LogP contribution in [0.25, 0.3) is 0 Å². The molecule has 0 saturated heterocycles. The van der Waals surface area contributed by atoms with Gasteiger partial charge in [0, 0.05) is 12.5 Å². The molecule has 6 nitrogen and oxygen atoms in total. The fourth-order valence-corrected chi connectivity index (χ4v) is 3.02. The second-order valence-corrected chi connectivity index (χ2v) is 12.9. The molecule has 11 heteroatoms. The second kappa shape index (κ2) is 6.76. The molecule has 0 aliphatic heterocycles. The van der Waals surface area contributed by atoms with Gasteiger partial charge in [-0.3, -0.25) is 4.79 Å². The average Bonchev–Trinajstić information content (AvgIpc) is 2.37. The van der Waals surface area contributed by atoms with Crippen molar-refractivity contribution in [2.75, 3.05) is 0 Å². The number of aryl methyl sites for hydroxylation is 2. The zero-order valence-corrected chi connectivity index (χ0v) is 16.3. The molecule has 0 aliphatic rings. The van der Waals surface area contributed by atoms with Crippen LogP contribution in [0, 0.1) is 6.92 Å². The summed E-state index contributed by atoms with van der Waals surface area (Å²) in [4.78, 5) is 22.2. The van der Waals surface area contributed by atoms with Gasteiger partial charge in [-0.25, -0.2) is 0 Å². The van der Waals surface area contributed by atoms with Gasteiger partial charge in [-0.1, -0.05) is 13.8 Å². The second-order valence-electron chi connectivity index (χ2n) is 6.90. The first-order chi connectivity index (χ1) is 11.0. The summed E-state index contributed by atoms with van der Waals surface area (Å²) >= 11 is 0. The Morgan fingerprint density at radius 1 is 1.28 bits per heavy atom. The summed E-state index contributed by atoms with van der Waals surface area (Å²) in [6.07, 6.45) is 0.196. The smallest absolute Gasteiger partial charge is 0.462 e. The van der Waals surface area contributed by atoms with Crippen molar-refractivity contribution in [3.63, 3.8) is 0 Å². The Bertz CT molecular complexity index is 790. The third kappa shape index (κ3) is 5.08. The number of hydrogen-bond donors (Lipinski definition) is 1. The van der Waals surface area contributed by atoms with Gasteiger partial charge < -0.3 is 13.4 Å². The molecule has 0 aliphatic carbocycles. The first-order valence-electron chi connectivity index (χ1n) is 7.35. The number of alkyl halides is 3. The molecule has 1 N–H and O–H groups in total. The summed E-state index contributed by atoms with van der Waals surface area (Å²) in [7, 11) is -8.61. The summed E-state index contributed by atoms with van der Waals surface area (Å²) in [5, 5.41) is -0.560. The fraction of sp³-hybridized carbons (Fsp3) is 0.643. The Kier molecular flexibility index (Phi) is 5.87. The Balaban J connectivity index is 3.28. The van der Waals surface area contributed by atoms with Crippen LogP contribution < -0.4 is 9.61 Å². The molecule has 0 radical (unpaired) electrons. The quantitative estimate of drug-likeness (QED) is 0.446. The highest BCUT2D eigenvalue weighted by Crippen LogP contribution is 2.40. The van der Waals surface area contributed by atoms with Gasteiger partial charge in [0.05, 0.1) is 0 Å². The lowest BCUT2D eigenvalue weighted by molar-refractivity contribution is -0.0501. The van der Waals surface area contributed by atoms with Crippen molar-refractivity contribution in [2.45, 2.75) is 57.3 Å². The van der Waals surface area contributed by atoms with Crippen LogP contribution in [0.4, 0.5) is 13.2 Å². The molecule has 0 spiro atoms. The van der Waals surface area contributed by atoms with Gasteiger partial charge in [-0.15, -0.1) is 0 Å². The molecule has 0 amide bonds. The standard InChI is InChI=1S/C14H21F3O6SSi/c1-9-8-10(18)12(23-24(19,20)14(15,16)17)11(22-9)6-7-13(2,3)25(4,5)21/h8,21H,6-7H2,1-5H3. The lowest BCUT2D eigenvalue weighted by atomic mass is 10.0. The predicted molar refractivity (Wildman–Crippen MR) is 87.4 cm³/mol. The van der Waals surface area contributed by atoms with E-state index in [2.05, 4.69) is 4.18 Å². The van der Waals surface area contributed by atoms with E-state index in [0.29, 0.717) is 0 Å². The largest absolute Gasteiger partial charge is 0.534 e. The molecule has 0 saturated carbocycles. The van der Waals surface area contributed by atoms with Gasteiger partial charge in [0.25, 0.3) is 0 Å². The van der Waals surface area contributed by atoms with E-state index in [-0.39, 0.29) is 24.4 Å². The van der Waals surface area contributed by atoms with E-state index in [1.54, 1.807) is 26.9 Å². The molecule has 0 aromatic carbocycles. The van der Waals surface area contributed by atoms with Crippen LogP contribution in [0.2, 0.25) is 18.1 Å². The molecular weight excluding hydrogens is 381 g/mol. The van der Waals surface area contributed by atoms with Crippen LogP contribution in [0.3, 0.4) is 0 Å². The lowest BCUT2D eigenvalue weighted by Gasteiger charge is -2.34. The lowest BCUT2D eigenvalue weighted by Crippen LogP contribution is -2.39. The molecule has 0 atom stereocenters. The summed E-state index contributed by atoms with van der Waals surface area (Å²) in [5.41, 5.74) is -6.69. The van der Waals surface area contributed by atoms with Crippen molar-refractivity contribution in [3.8, 4) is 5.75 Å². The van der Waals surface area contributed by atoms with Gasteiger partial charge in [-0.2, -0.15) is 21.6 Å². The fourth-order valence-electron chi connectivity index (χ4n) is 1.80. The minimum atomic E-state index is -5.99. The molecule has 1 aromatic heterocycles. The number of hydrogen-bond acceptors (Lipinski definition) is 6. The average molecular weight is 402 g/mol. The van der Waals surface area contributed by atoms with Crippen molar-refractivity contribution in [2.24, 2.45) is 0 Å². The molecule has 0 bridgehead atoms. The third-order valence-corrected chi connectivity index (χ3v) is 8.72. The van der Waals surface area contributed by atoms with Gasteiger partial charge in [0.15, 0.2) is 14.1 Å². The van der Waals surface area contributed by atoms with Crippen molar-refractivity contribution in [3.05, 3.63) is 27.8 Å². The number of halogens is 3. The molecule has 25 heavy (non-hydrogen) atoms. The summed E-state index contributed by atoms with van der Waals surface area (Å²) in [5.74, 6) is -1.20. The maximum Gasteiger partial charge on any atom is 0.534 e. The van der Waals surface area contributed by atoms with Crippen LogP contribution in [-0.2, 0) is 16.5 Å². The first-order valence-corrected chi connectivity index (χ1v) is 11.7. The van der Waals surface area contributed by atoms with Gasteiger partial charge in [0.2, 0.25) is 11.2 Å². The van der Waals surface area contributed by atoms with Crippen LogP contribution in [-0.4, -0.2) is 27.0 Å². The molecule has 144 valence electrons. The third-order valence-electron chi connectivity index (χ3n) is 4.21. The van der Waals surface area contributed by atoms with Crippen molar-refractivity contribution in [1.29, 1.82) is 0 Å². The maximum atomic E-state index is 12.5. The summed E-state index contributed by atoms with van der Waals surface area (Å²) in [6, 6.07) is 0.848. The van der Waals surface area contributed by atoms with Crippen LogP contribution in [0.5, 0.6) is 5.75 Å². The van der Waals surface area contributed by atoms with Gasteiger partial charge in [0.1, 0.15) is 5.76 Å². The molecular formula is C14H21F3O6SSi. The van der Waals surface area contributed by atoms with Crippen molar-refractivity contribution >= 4 is 18.4 Å². The molecule has 1 rings (SSSR count). The Labute approximate surface area is 144 Å². The highest BCUT2D eigenvalue weighted by molar-refractivity contribution is 7.88. The Morgan fingerprint density at radius 3 is 2.24 bits per heavy atom. The highest BCUT2D eigenvalue weighted by atomic mass is 32.2. The highest BCUT2D eigenvalue weighted by Gasteiger charge is 2.49. The zero-order valence-electron chi connectivity index (χ0n) is 14.5. The van der Waals surface area contributed by atoms with Crippen LogP contribution in [0.15, 0.2) is 15.3 Å². The van der Waals surface area contributed by atoms with Crippen molar-refractivity contribution in [1.82, 2.24) is 0 Å². The van der Waals surface area contributed by atoms with E-state index in [9.17, 15) is 31.2 Å². The number of rotatable bonds is 6. The van der Waals surface area contributed by atoms with E-state index < -0.39 is 40.2 Å². The SMILES string of the molecule is Cc1cc(=O)c(OS(=O)(=O)C(F)(F)F)c(CCC(C)(C)[Si](C)(C)O)o1. The van der Waals surface area contributed by atoms with Gasteiger partial charge >= 0.3 is 15.6 Å². The molecule has 1 aromatic rings. The van der Waals surface area contributed by atoms with E-state index in [1.807, 2.05) is 0 Å². The van der Waals surface area contributed by atoms with E-state index in [1.165, 1.54) is 6.92 Å². The Morgan fingerprint density at radius 2 is 1.80 bits per heavy atom. The predicted octanol–water partition coefficient (Wildman–Crippen LogP) is 3.09. The first kappa shape index (κ1) is 21.7.